The summed E-state index contributed by atoms with van der Waals surface area (Å²) in [6.07, 6.45) is -0.308. The minimum atomic E-state index is -0.308. The molecule has 1 rings (SSSR count). The number of hydrogen-bond acceptors (Lipinski definition) is 4. The van der Waals surface area contributed by atoms with Crippen LogP contribution >= 0.6 is 11.8 Å². The first-order valence-corrected chi connectivity index (χ1v) is 7.39. The van der Waals surface area contributed by atoms with E-state index in [9.17, 15) is 9.90 Å². The van der Waals surface area contributed by atoms with Crippen molar-refractivity contribution in [3.8, 4) is 0 Å². The molecule has 3 atom stereocenters. The highest BCUT2D eigenvalue weighted by atomic mass is 32.2. The second-order valence-corrected chi connectivity index (χ2v) is 6.09. The highest BCUT2D eigenvalue weighted by Crippen LogP contribution is 2.22. The van der Waals surface area contributed by atoms with Gasteiger partial charge < -0.3 is 5.11 Å². The van der Waals surface area contributed by atoms with E-state index in [2.05, 4.69) is 5.43 Å². The number of nitrogens with one attached hydrogen (secondary N) is 1. The maximum Gasteiger partial charge on any atom is 0.241 e. The molecule has 0 fully saturated rings. The Hall–Kier alpha value is -1.04. The molecule has 0 saturated heterocycles. The Balaban J connectivity index is 2.59. The lowest BCUT2D eigenvalue weighted by Crippen LogP contribution is -2.33. The molecule has 0 spiro atoms. The zero-order valence-corrected chi connectivity index (χ0v) is 12.4. The van der Waals surface area contributed by atoms with Gasteiger partial charge in [-0.25, -0.2) is 5.84 Å². The third-order valence-corrected chi connectivity index (χ3v) is 4.63. The van der Waals surface area contributed by atoms with Crippen LogP contribution in [0.1, 0.15) is 37.8 Å². The van der Waals surface area contributed by atoms with Crippen molar-refractivity contribution in [1.82, 2.24) is 5.43 Å². The quantitative estimate of drug-likeness (QED) is 0.422. The van der Waals surface area contributed by atoms with Crippen LogP contribution in [-0.2, 0) is 10.5 Å². The molecule has 0 aromatic heterocycles. The molecule has 106 valence electrons. The topological polar surface area (TPSA) is 75.4 Å². The molecule has 0 bridgehead atoms. The fourth-order valence-electron chi connectivity index (χ4n) is 1.55. The molecule has 0 aliphatic rings. The van der Waals surface area contributed by atoms with Crippen molar-refractivity contribution in [2.45, 2.75) is 43.8 Å². The maximum atomic E-state index is 11.4. The van der Waals surface area contributed by atoms with Gasteiger partial charge in [0.2, 0.25) is 5.91 Å². The number of amides is 1. The van der Waals surface area contributed by atoms with Crippen molar-refractivity contribution in [1.29, 1.82) is 0 Å². The number of benzene rings is 1. The van der Waals surface area contributed by atoms with Gasteiger partial charge in [-0.05, 0) is 25.0 Å². The summed E-state index contributed by atoms with van der Waals surface area (Å²) in [7, 11) is 0. The summed E-state index contributed by atoms with van der Waals surface area (Å²) in [5, 5.41) is 9.64. The molecule has 4 N–H and O–H groups in total. The van der Waals surface area contributed by atoms with Crippen molar-refractivity contribution in [2.24, 2.45) is 5.84 Å². The van der Waals surface area contributed by atoms with Gasteiger partial charge in [0.1, 0.15) is 0 Å². The van der Waals surface area contributed by atoms with Gasteiger partial charge in [0.25, 0.3) is 0 Å². The molecule has 0 aliphatic heterocycles. The van der Waals surface area contributed by atoms with Gasteiger partial charge in [0.15, 0.2) is 0 Å². The van der Waals surface area contributed by atoms with Crippen molar-refractivity contribution in [3.05, 3.63) is 35.4 Å². The highest BCUT2D eigenvalue weighted by molar-refractivity contribution is 7.99. The highest BCUT2D eigenvalue weighted by Gasteiger charge is 2.14. The van der Waals surface area contributed by atoms with Crippen LogP contribution in [0.4, 0.5) is 0 Å². The summed E-state index contributed by atoms with van der Waals surface area (Å²) in [6.45, 7) is 5.63. The van der Waals surface area contributed by atoms with Crippen molar-refractivity contribution in [2.75, 3.05) is 0 Å². The minimum absolute atomic E-state index is 0.190. The average Bonchev–Trinajstić information content (AvgIpc) is 2.43. The van der Waals surface area contributed by atoms with Crippen LogP contribution in [-0.4, -0.2) is 22.4 Å². The van der Waals surface area contributed by atoms with E-state index in [4.69, 9.17) is 5.84 Å². The number of thioether (sulfide) groups is 1. The van der Waals surface area contributed by atoms with Gasteiger partial charge in [0, 0.05) is 11.0 Å². The second-order valence-electron chi connectivity index (χ2n) is 4.73. The van der Waals surface area contributed by atoms with E-state index in [1.165, 1.54) is 5.56 Å². The minimum Gasteiger partial charge on any atom is -0.392 e. The predicted octanol–water partition coefficient (Wildman–Crippen LogP) is 1.78. The van der Waals surface area contributed by atoms with Crippen LogP contribution in [0.25, 0.3) is 0 Å². The third-order valence-electron chi connectivity index (χ3n) is 3.21. The van der Waals surface area contributed by atoms with Crippen LogP contribution < -0.4 is 11.3 Å². The molecule has 5 heteroatoms. The lowest BCUT2D eigenvalue weighted by Gasteiger charge is -2.14. The van der Waals surface area contributed by atoms with E-state index in [0.29, 0.717) is 0 Å². The van der Waals surface area contributed by atoms with Gasteiger partial charge in [-0.1, -0.05) is 31.2 Å². The van der Waals surface area contributed by atoms with Crippen LogP contribution in [0.15, 0.2) is 24.3 Å². The van der Waals surface area contributed by atoms with Gasteiger partial charge in [-0.2, -0.15) is 11.8 Å². The third kappa shape index (κ3) is 4.86. The van der Waals surface area contributed by atoms with E-state index in [-0.39, 0.29) is 23.2 Å². The fraction of sp³-hybridized carbons (Fsp3) is 0.500. The number of aliphatic hydroxyl groups excluding tert-OH is 1. The molecule has 0 saturated carbocycles. The summed E-state index contributed by atoms with van der Waals surface area (Å²) < 4.78 is 0. The number of hydrogen-bond donors (Lipinski definition) is 3. The number of rotatable bonds is 6. The molecule has 0 radical (unpaired) electrons. The molecular formula is C14H22N2O2S. The predicted molar refractivity (Wildman–Crippen MR) is 79.6 cm³/mol. The molecule has 19 heavy (non-hydrogen) atoms. The van der Waals surface area contributed by atoms with Crippen molar-refractivity contribution in [3.63, 3.8) is 0 Å². The van der Waals surface area contributed by atoms with Crippen molar-refractivity contribution >= 4 is 17.7 Å². The Bertz CT molecular complexity index is 406. The van der Waals surface area contributed by atoms with Gasteiger partial charge in [-0.15, -0.1) is 0 Å². The molecule has 1 amide bonds. The molecular weight excluding hydrogens is 260 g/mol. The van der Waals surface area contributed by atoms with E-state index in [0.717, 1.165) is 11.3 Å². The normalized spacial score (nSPS) is 15.6. The summed E-state index contributed by atoms with van der Waals surface area (Å²) in [6, 6.07) is 7.92. The van der Waals surface area contributed by atoms with Gasteiger partial charge in [-0.3, -0.25) is 10.2 Å². The summed E-state index contributed by atoms with van der Waals surface area (Å²) in [5.41, 5.74) is 4.29. The van der Waals surface area contributed by atoms with Gasteiger partial charge in [0.05, 0.1) is 12.0 Å². The first-order chi connectivity index (χ1) is 8.95. The Morgan fingerprint density at radius 1 is 1.32 bits per heavy atom. The Kier molecular flexibility index (Phi) is 6.34. The SMILES string of the molecule is CC(C(=O)NN)c1ccc(CSC(C)C(C)O)cc1. The number of carbonyl (C=O) groups excluding carboxylic acids is 1. The van der Waals surface area contributed by atoms with Crippen LogP contribution in [0, 0.1) is 0 Å². The van der Waals surface area contributed by atoms with E-state index in [1.807, 2.05) is 38.1 Å². The lowest BCUT2D eigenvalue weighted by atomic mass is 9.99. The summed E-state index contributed by atoms with van der Waals surface area (Å²) in [5.74, 6) is 5.54. The number of hydrazine groups is 1. The number of aliphatic hydroxyl groups is 1. The lowest BCUT2D eigenvalue weighted by molar-refractivity contribution is -0.122. The molecule has 4 nitrogen and oxygen atoms in total. The zero-order chi connectivity index (χ0) is 14.4. The number of carbonyl (C=O) groups is 1. The summed E-state index contributed by atoms with van der Waals surface area (Å²) >= 11 is 1.71. The largest absolute Gasteiger partial charge is 0.392 e. The second kappa shape index (κ2) is 7.53. The van der Waals surface area contributed by atoms with Crippen molar-refractivity contribution < 1.29 is 9.90 Å². The first kappa shape index (κ1) is 16.0. The molecule has 0 aliphatic carbocycles. The monoisotopic (exact) mass is 282 g/mol. The van der Waals surface area contributed by atoms with E-state index < -0.39 is 0 Å². The van der Waals surface area contributed by atoms with E-state index in [1.54, 1.807) is 18.7 Å². The Morgan fingerprint density at radius 3 is 2.37 bits per heavy atom. The van der Waals surface area contributed by atoms with Crippen LogP contribution in [0.3, 0.4) is 0 Å². The molecule has 0 heterocycles. The van der Waals surface area contributed by atoms with Crippen LogP contribution in [0.5, 0.6) is 0 Å². The van der Waals surface area contributed by atoms with Crippen LogP contribution in [0.2, 0.25) is 0 Å². The zero-order valence-electron chi connectivity index (χ0n) is 11.6. The molecule has 1 aromatic rings. The average molecular weight is 282 g/mol. The molecule has 3 unspecified atom stereocenters. The Labute approximate surface area is 118 Å². The number of nitrogens with two attached hydrogens (primary N) is 1. The maximum absolute atomic E-state index is 11.4. The molecule has 1 aromatic carbocycles. The smallest absolute Gasteiger partial charge is 0.241 e. The van der Waals surface area contributed by atoms with E-state index >= 15 is 0 Å². The fourth-order valence-corrected chi connectivity index (χ4v) is 2.47. The van der Waals surface area contributed by atoms with Gasteiger partial charge >= 0.3 is 0 Å². The standard InChI is InChI=1S/C14H22N2O2S/c1-9(14(18)16-15)13-6-4-12(5-7-13)8-19-11(3)10(2)17/h4-7,9-11,17H,8,15H2,1-3H3,(H,16,18). The Morgan fingerprint density at radius 2 is 1.89 bits per heavy atom. The summed E-state index contributed by atoms with van der Waals surface area (Å²) in [4.78, 5) is 11.4. The first-order valence-electron chi connectivity index (χ1n) is 6.34.